The van der Waals surface area contributed by atoms with Gasteiger partial charge in [0.25, 0.3) is 0 Å². The third-order valence-electron chi connectivity index (χ3n) is 2.06. The molecule has 0 unspecified atom stereocenters. The second kappa shape index (κ2) is 3.38. The lowest BCUT2D eigenvalue weighted by atomic mass is 10.1. The van der Waals surface area contributed by atoms with Gasteiger partial charge in [-0.15, -0.1) is 0 Å². The standard InChI is InChI=1S/C10H11NO3/c1-10(6-13-7-10)14-9-3-2-8(5-12)4-11-9/h2-5H,6-7H2,1H3. The summed E-state index contributed by atoms with van der Waals surface area (Å²) in [5, 5.41) is 0. The van der Waals surface area contributed by atoms with E-state index in [1.54, 1.807) is 12.1 Å². The van der Waals surface area contributed by atoms with Crippen LogP contribution in [0.4, 0.5) is 0 Å². The van der Waals surface area contributed by atoms with Crippen LogP contribution in [0.2, 0.25) is 0 Å². The fraction of sp³-hybridized carbons (Fsp3) is 0.400. The highest BCUT2D eigenvalue weighted by atomic mass is 16.6. The molecule has 4 heteroatoms. The molecule has 2 heterocycles. The van der Waals surface area contributed by atoms with Crippen LogP contribution < -0.4 is 4.74 Å². The minimum atomic E-state index is -0.254. The third kappa shape index (κ3) is 1.75. The normalized spacial score (nSPS) is 18.4. The Hall–Kier alpha value is -1.42. The maximum absolute atomic E-state index is 10.4. The van der Waals surface area contributed by atoms with Gasteiger partial charge in [-0.2, -0.15) is 0 Å². The molecule has 0 radical (unpaired) electrons. The lowest BCUT2D eigenvalue weighted by Crippen LogP contribution is -2.51. The average molecular weight is 193 g/mol. The van der Waals surface area contributed by atoms with Crippen molar-refractivity contribution >= 4 is 6.29 Å². The molecule has 1 saturated heterocycles. The second-order valence-electron chi connectivity index (χ2n) is 3.59. The van der Waals surface area contributed by atoms with E-state index in [-0.39, 0.29) is 5.60 Å². The van der Waals surface area contributed by atoms with E-state index in [9.17, 15) is 4.79 Å². The molecular formula is C10H11NO3. The van der Waals surface area contributed by atoms with Crippen LogP contribution in [0, 0.1) is 0 Å². The molecule has 1 aliphatic rings. The Morgan fingerprint density at radius 1 is 1.57 bits per heavy atom. The molecule has 74 valence electrons. The number of rotatable bonds is 3. The first-order valence-electron chi connectivity index (χ1n) is 4.40. The van der Waals surface area contributed by atoms with Crippen LogP contribution in [0.1, 0.15) is 17.3 Å². The zero-order valence-electron chi connectivity index (χ0n) is 7.90. The zero-order valence-corrected chi connectivity index (χ0v) is 7.90. The first kappa shape index (κ1) is 9.15. The molecule has 0 spiro atoms. The van der Waals surface area contributed by atoms with Gasteiger partial charge in [-0.25, -0.2) is 4.98 Å². The molecule has 1 fully saturated rings. The number of aromatic nitrogens is 1. The largest absolute Gasteiger partial charge is 0.466 e. The van der Waals surface area contributed by atoms with Crippen LogP contribution in [0.5, 0.6) is 5.88 Å². The molecule has 0 amide bonds. The van der Waals surface area contributed by atoms with Crippen LogP contribution in [0.3, 0.4) is 0 Å². The van der Waals surface area contributed by atoms with E-state index in [1.807, 2.05) is 6.92 Å². The van der Waals surface area contributed by atoms with Gasteiger partial charge in [0.2, 0.25) is 5.88 Å². The smallest absolute Gasteiger partial charge is 0.213 e. The summed E-state index contributed by atoms with van der Waals surface area (Å²) in [7, 11) is 0. The Bertz CT molecular complexity index is 330. The lowest BCUT2D eigenvalue weighted by Gasteiger charge is -2.37. The summed E-state index contributed by atoms with van der Waals surface area (Å²) in [5.41, 5.74) is 0.294. The predicted octanol–water partition coefficient (Wildman–Crippen LogP) is 1.06. The first-order valence-corrected chi connectivity index (χ1v) is 4.40. The number of carbonyl (C=O) groups is 1. The average Bonchev–Trinajstić information content (AvgIpc) is 2.17. The number of ether oxygens (including phenoxy) is 2. The first-order chi connectivity index (χ1) is 6.72. The minimum Gasteiger partial charge on any atom is -0.466 e. The Kier molecular flexibility index (Phi) is 2.21. The van der Waals surface area contributed by atoms with Crippen molar-refractivity contribution < 1.29 is 14.3 Å². The third-order valence-corrected chi connectivity index (χ3v) is 2.06. The van der Waals surface area contributed by atoms with Crippen molar-refractivity contribution in [2.45, 2.75) is 12.5 Å². The summed E-state index contributed by atoms with van der Waals surface area (Å²) in [5.74, 6) is 0.529. The van der Waals surface area contributed by atoms with E-state index in [0.29, 0.717) is 24.7 Å². The monoisotopic (exact) mass is 193 g/mol. The van der Waals surface area contributed by atoms with Gasteiger partial charge in [0.15, 0.2) is 11.9 Å². The van der Waals surface area contributed by atoms with Crippen molar-refractivity contribution in [2.75, 3.05) is 13.2 Å². The molecule has 0 N–H and O–H groups in total. The SMILES string of the molecule is CC1(Oc2ccc(C=O)cn2)COC1. The van der Waals surface area contributed by atoms with Gasteiger partial charge in [-0.3, -0.25) is 4.79 Å². The number of aldehydes is 1. The summed E-state index contributed by atoms with van der Waals surface area (Å²) in [4.78, 5) is 14.4. The van der Waals surface area contributed by atoms with Crippen LogP contribution in [0.25, 0.3) is 0 Å². The van der Waals surface area contributed by atoms with E-state index < -0.39 is 0 Å². The van der Waals surface area contributed by atoms with Crippen molar-refractivity contribution in [3.8, 4) is 5.88 Å². The molecule has 4 nitrogen and oxygen atoms in total. The molecule has 0 bridgehead atoms. The molecule has 1 aliphatic heterocycles. The van der Waals surface area contributed by atoms with E-state index in [1.165, 1.54) is 6.20 Å². The molecule has 0 atom stereocenters. The highest BCUT2D eigenvalue weighted by molar-refractivity contribution is 5.73. The molecule has 14 heavy (non-hydrogen) atoms. The number of hydrogen-bond acceptors (Lipinski definition) is 4. The number of hydrogen-bond donors (Lipinski definition) is 0. The molecule has 1 aromatic rings. The van der Waals surface area contributed by atoms with Crippen LogP contribution in [-0.2, 0) is 4.74 Å². The molecule has 2 rings (SSSR count). The highest BCUT2D eigenvalue weighted by Gasteiger charge is 2.36. The maximum atomic E-state index is 10.4. The maximum Gasteiger partial charge on any atom is 0.213 e. The summed E-state index contributed by atoms with van der Waals surface area (Å²) in [6, 6.07) is 3.37. The Labute approximate surface area is 81.9 Å². The van der Waals surface area contributed by atoms with Crippen molar-refractivity contribution in [2.24, 2.45) is 0 Å². The summed E-state index contributed by atoms with van der Waals surface area (Å²) >= 11 is 0. The highest BCUT2D eigenvalue weighted by Crippen LogP contribution is 2.23. The van der Waals surface area contributed by atoms with Crippen LogP contribution >= 0.6 is 0 Å². The zero-order chi connectivity index (χ0) is 10.0. The second-order valence-corrected chi connectivity index (χ2v) is 3.59. The Morgan fingerprint density at radius 2 is 2.36 bits per heavy atom. The van der Waals surface area contributed by atoms with Crippen molar-refractivity contribution in [1.82, 2.24) is 4.98 Å². The number of nitrogens with zero attached hydrogens (tertiary/aromatic N) is 1. The van der Waals surface area contributed by atoms with Crippen LogP contribution in [0.15, 0.2) is 18.3 Å². The van der Waals surface area contributed by atoms with Gasteiger partial charge in [-0.1, -0.05) is 0 Å². The molecular weight excluding hydrogens is 182 g/mol. The minimum absolute atomic E-state index is 0.254. The predicted molar refractivity (Wildman–Crippen MR) is 49.5 cm³/mol. The van der Waals surface area contributed by atoms with E-state index in [4.69, 9.17) is 9.47 Å². The number of carbonyl (C=O) groups excluding carboxylic acids is 1. The molecule has 0 aliphatic carbocycles. The van der Waals surface area contributed by atoms with Gasteiger partial charge in [0.1, 0.15) is 0 Å². The Balaban J connectivity index is 2.06. The topological polar surface area (TPSA) is 48.4 Å². The van der Waals surface area contributed by atoms with Crippen molar-refractivity contribution in [3.63, 3.8) is 0 Å². The van der Waals surface area contributed by atoms with Gasteiger partial charge in [0, 0.05) is 17.8 Å². The quantitative estimate of drug-likeness (QED) is 0.673. The fourth-order valence-electron chi connectivity index (χ4n) is 1.22. The fourth-order valence-corrected chi connectivity index (χ4v) is 1.22. The van der Waals surface area contributed by atoms with Gasteiger partial charge in [0.05, 0.1) is 13.2 Å². The van der Waals surface area contributed by atoms with Crippen molar-refractivity contribution in [1.29, 1.82) is 0 Å². The van der Waals surface area contributed by atoms with Gasteiger partial charge in [-0.05, 0) is 13.0 Å². The van der Waals surface area contributed by atoms with E-state index >= 15 is 0 Å². The lowest BCUT2D eigenvalue weighted by molar-refractivity contribution is -0.151. The van der Waals surface area contributed by atoms with Gasteiger partial charge >= 0.3 is 0 Å². The van der Waals surface area contributed by atoms with Crippen LogP contribution in [-0.4, -0.2) is 30.1 Å². The summed E-state index contributed by atoms with van der Waals surface area (Å²) < 4.78 is 10.6. The van der Waals surface area contributed by atoms with E-state index in [2.05, 4.69) is 4.98 Å². The molecule has 0 aromatic carbocycles. The number of pyridine rings is 1. The molecule has 0 saturated carbocycles. The van der Waals surface area contributed by atoms with Gasteiger partial charge < -0.3 is 9.47 Å². The summed E-state index contributed by atoms with van der Waals surface area (Å²) in [6.45, 7) is 3.14. The molecule has 1 aromatic heterocycles. The van der Waals surface area contributed by atoms with Crippen molar-refractivity contribution in [3.05, 3.63) is 23.9 Å². The van der Waals surface area contributed by atoms with E-state index in [0.717, 1.165) is 6.29 Å². The summed E-state index contributed by atoms with van der Waals surface area (Å²) in [6.07, 6.45) is 2.25. The Morgan fingerprint density at radius 3 is 2.79 bits per heavy atom.